The number of esters is 1. The van der Waals surface area contributed by atoms with Crippen molar-refractivity contribution in [2.75, 3.05) is 13.7 Å². The predicted molar refractivity (Wildman–Crippen MR) is 109 cm³/mol. The molecule has 0 atom stereocenters. The standard InChI is InChI=1S/C20H23N3O5S/c1-14-7-5-6-8-15(14)12-23(13-19(24)28-4)29(26,27)16-9-10-17-18(11-16)22(3)20(25)21(17)2/h5-11H,12-13H2,1-4H3. The number of imidazole rings is 1. The predicted octanol–water partition coefficient (Wildman–Crippen LogP) is 1.55. The molecular formula is C20H23N3O5S. The van der Waals surface area contributed by atoms with Gasteiger partial charge < -0.3 is 4.74 Å². The van der Waals surface area contributed by atoms with Gasteiger partial charge in [-0.3, -0.25) is 13.9 Å². The van der Waals surface area contributed by atoms with Crippen molar-refractivity contribution in [3.8, 4) is 0 Å². The molecule has 0 N–H and O–H groups in total. The van der Waals surface area contributed by atoms with Crippen LogP contribution in [0.2, 0.25) is 0 Å². The molecule has 0 aliphatic heterocycles. The lowest BCUT2D eigenvalue weighted by Crippen LogP contribution is -2.36. The number of aromatic nitrogens is 2. The Morgan fingerprint density at radius 1 is 1.07 bits per heavy atom. The molecule has 0 bridgehead atoms. The van der Waals surface area contributed by atoms with Crippen LogP contribution in [0.15, 0.2) is 52.2 Å². The molecule has 0 amide bonds. The molecule has 3 aromatic rings. The van der Waals surface area contributed by atoms with Crippen LogP contribution in [0.1, 0.15) is 11.1 Å². The van der Waals surface area contributed by atoms with E-state index in [9.17, 15) is 18.0 Å². The summed E-state index contributed by atoms with van der Waals surface area (Å²) in [5, 5.41) is 0. The van der Waals surface area contributed by atoms with E-state index in [1.807, 2.05) is 31.2 Å². The van der Waals surface area contributed by atoms with Crippen LogP contribution >= 0.6 is 0 Å². The number of benzene rings is 2. The van der Waals surface area contributed by atoms with E-state index in [0.29, 0.717) is 11.0 Å². The second-order valence-corrected chi connectivity index (χ2v) is 8.76. The lowest BCUT2D eigenvalue weighted by Gasteiger charge is -2.22. The molecule has 154 valence electrons. The molecule has 1 aromatic heterocycles. The van der Waals surface area contributed by atoms with Crippen LogP contribution in [0.5, 0.6) is 0 Å². The Balaban J connectivity index is 2.09. The van der Waals surface area contributed by atoms with E-state index in [1.54, 1.807) is 20.2 Å². The largest absolute Gasteiger partial charge is 0.468 e. The number of aryl methyl sites for hydroxylation is 3. The topological polar surface area (TPSA) is 90.6 Å². The van der Waals surface area contributed by atoms with Gasteiger partial charge in [-0.1, -0.05) is 24.3 Å². The summed E-state index contributed by atoms with van der Waals surface area (Å²) < 4.78 is 35.4. The van der Waals surface area contributed by atoms with Crippen LogP contribution in [-0.2, 0) is 40.2 Å². The van der Waals surface area contributed by atoms with Crippen molar-refractivity contribution in [3.63, 3.8) is 0 Å². The summed E-state index contributed by atoms with van der Waals surface area (Å²) in [5.74, 6) is -0.657. The highest BCUT2D eigenvalue weighted by atomic mass is 32.2. The summed E-state index contributed by atoms with van der Waals surface area (Å²) in [7, 11) is 0.399. The number of sulfonamides is 1. The fraction of sp³-hybridized carbons (Fsp3) is 0.300. The molecule has 2 aromatic carbocycles. The van der Waals surface area contributed by atoms with E-state index in [0.717, 1.165) is 15.4 Å². The average molecular weight is 417 g/mol. The number of fused-ring (bicyclic) bond motifs is 1. The van der Waals surface area contributed by atoms with E-state index in [4.69, 9.17) is 4.74 Å². The highest BCUT2D eigenvalue weighted by Gasteiger charge is 2.28. The van der Waals surface area contributed by atoms with E-state index >= 15 is 0 Å². The highest BCUT2D eigenvalue weighted by molar-refractivity contribution is 7.89. The van der Waals surface area contributed by atoms with E-state index in [2.05, 4.69) is 0 Å². The minimum atomic E-state index is -4.03. The van der Waals surface area contributed by atoms with Crippen molar-refractivity contribution in [3.05, 3.63) is 64.1 Å². The Labute approximate surface area is 169 Å². The molecule has 0 spiro atoms. The first-order valence-electron chi connectivity index (χ1n) is 8.93. The summed E-state index contributed by atoms with van der Waals surface area (Å²) >= 11 is 0. The third-order valence-corrected chi connectivity index (χ3v) is 6.81. The van der Waals surface area contributed by atoms with Crippen LogP contribution in [0.4, 0.5) is 0 Å². The van der Waals surface area contributed by atoms with Crippen molar-refractivity contribution < 1.29 is 17.9 Å². The molecular weight excluding hydrogens is 394 g/mol. The zero-order valence-electron chi connectivity index (χ0n) is 16.7. The Morgan fingerprint density at radius 3 is 2.38 bits per heavy atom. The van der Waals surface area contributed by atoms with Gasteiger partial charge >= 0.3 is 11.7 Å². The number of hydrogen-bond acceptors (Lipinski definition) is 5. The number of nitrogens with zero attached hydrogens (tertiary/aromatic N) is 3. The summed E-state index contributed by atoms with van der Waals surface area (Å²) in [4.78, 5) is 24.1. The van der Waals surface area contributed by atoms with Crippen molar-refractivity contribution in [1.82, 2.24) is 13.4 Å². The third kappa shape index (κ3) is 3.83. The number of ether oxygens (including phenoxy) is 1. The van der Waals surface area contributed by atoms with Gasteiger partial charge in [0.1, 0.15) is 6.54 Å². The zero-order valence-corrected chi connectivity index (χ0v) is 17.6. The summed E-state index contributed by atoms with van der Waals surface area (Å²) in [6.07, 6.45) is 0. The van der Waals surface area contributed by atoms with E-state index in [1.165, 1.54) is 28.4 Å². The zero-order chi connectivity index (χ0) is 21.3. The van der Waals surface area contributed by atoms with Crippen molar-refractivity contribution in [1.29, 1.82) is 0 Å². The van der Waals surface area contributed by atoms with Gasteiger partial charge in [0.25, 0.3) is 0 Å². The first kappa shape index (κ1) is 20.8. The smallest absolute Gasteiger partial charge is 0.328 e. The molecule has 1 heterocycles. The quantitative estimate of drug-likeness (QED) is 0.568. The van der Waals surface area contributed by atoms with Crippen LogP contribution < -0.4 is 5.69 Å². The van der Waals surface area contributed by atoms with Gasteiger partial charge in [0.05, 0.1) is 23.0 Å². The number of carbonyl (C=O) groups is 1. The van der Waals surface area contributed by atoms with Gasteiger partial charge in [-0.2, -0.15) is 4.31 Å². The van der Waals surface area contributed by atoms with Gasteiger partial charge in [-0.15, -0.1) is 0 Å². The number of rotatable bonds is 6. The molecule has 3 rings (SSSR count). The minimum absolute atomic E-state index is 0.00341. The molecule has 29 heavy (non-hydrogen) atoms. The molecule has 0 aliphatic carbocycles. The van der Waals surface area contributed by atoms with Crippen molar-refractivity contribution in [2.24, 2.45) is 14.1 Å². The first-order chi connectivity index (χ1) is 13.7. The molecule has 0 saturated heterocycles. The van der Waals surface area contributed by atoms with Crippen LogP contribution in [0.25, 0.3) is 11.0 Å². The summed E-state index contributed by atoms with van der Waals surface area (Å²) in [5.41, 5.74) is 2.56. The molecule has 0 unspecified atom stereocenters. The third-order valence-electron chi connectivity index (χ3n) is 5.02. The van der Waals surface area contributed by atoms with Gasteiger partial charge in [-0.25, -0.2) is 13.2 Å². The summed E-state index contributed by atoms with van der Waals surface area (Å²) in [6.45, 7) is 1.48. The summed E-state index contributed by atoms with van der Waals surface area (Å²) in [6, 6.07) is 11.9. The van der Waals surface area contributed by atoms with E-state index < -0.39 is 22.5 Å². The fourth-order valence-corrected chi connectivity index (χ4v) is 4.59. The normalized spacial score (nSPS) is 11.9. The second kappa shape index (κ2) is 7.84. The maximum atomic E-state index is 13.4. The van der Waals surface area contributed by atoms with Gasteiger partial charge in [0.2, 0.25) is 10.0 Å². The maximum Gasteiger partial charge on any atom is 0.328 e. The fourth-order valence-electron chi connectivity index (χ4n) is 3.21. The monoisotopic (exact) mass is 417 g/mol. The number of methoxy groups -OCH3 is 1. The Bertz CT molecular complexity index is 1240. The van der Waals surface area contributed by atoms with E-state index in [-0.39, 0.29) is 17.1 Å². The maximum absolute atomic E-state index is 13.4. The lowest BCUT2D eigenvalue weighted by atomic mass is 10.1. The molecule has 0 radical (unpaired) electrons. The number of carbonyl (C=O) groups excluding carboxylic acids is 1. The first-order valence-corrected chi connectivity index (χ1v) is 10.4. The lowest BCUT2D eigenvalue weighted by molar-refractivity contribution is -0.140. The molecule has 8 nitrogen and oxygen atoms in total. The molecule has 0 fully saturated rings. The molecule has 0 saturated carbocycles. The van der Waals surface area contributed by atoms with Crippen LogP contribution in [-0.4, -0.2) is 41.5 Å². The molecule has 0 aliphatic rings. The Morgan fingerprint density at radius 2 is 1.72 bits per heavy atom. The Hall–Kier alpha value is -2.91. The average Bonchev–Trinajstić information content (AvgIpc) is 2.92. The van der Waals surface area contributed by atoms with Gasteiger partial charge in [-0.05, 0) is 36.2 Å². The highest BCUT2D eigenvalue weighted by Crippen LogP contribution is 2.23. The molecule has 9 heteroatoms. The van der Waals surface area contributed by atoms with Crippen LogP contribution in [0, 0.1) is 6.92 Å². The van der Waals surface area contributed by atoms with Crippen LogP contribution in [0.3, 0.4) is 0 Å². The second-order valence-electron chi connectivity index (χ2n) is 6.83. The van der Waals surface area contributed by atoms with Gasteiger partial charge in [0.15, 0.2) is 0 Å². The SMILES string of the molecule is COC(=O)CN(Cc1ccccc1C)S(=O)(=O)c1ccc2c(c1)n(C)c(=O)n2C. The van der Waals surface area contributed by atoms with Crippen molar-refractivity contribution >= 4 is 27.0 Å². The Kier molecular flexibility index (Phi) is 5.63. The number of hydrogen-bond donors (Lipinski definition) is 0. The van der Waals surface area contributed by atoms with Crippen molar-refractivity contribution in [2.45, 2.75) is 18.4 Å². The minimum Gasteiger partial charge on any atom is -0.468 e. The van der Waals surface area contributed by atoms with Gasteiger partial charge in [0, 0.05) is 20.6 Å².